The normalized spacial score (nSPS) is 16.4. The lowest BCUT2D eigenvalue weighted by molar-refractivity contribution is -0.137. The molecular weight excluding hydrogens is 381 g/mol. The van der Waals surface area contributed by atoms with E-state index < -0.39 is 27.7 Å². The van der Waals surface area contributed by atoms with E-state index in [9.17, 15) is 26.4 Å². The highest BCUT2D eigenvalue weighted by molar-refractivity contribution is 7.93. The number of carbonyl (C=O) groups excluding carboxylic acids is 1. The number of aryl methyl sites for hydroxylation is 1. The molecule has 1 fully saturated rings. The summed E-state index contributed by atoms with van der Waals surface area (Å²) in [6.07, 6.45) is -3.94. The molecule has 0 radical (unpaired) electrons. The van der Waals surface area contributed by atoms with Crippen molar-refractivity contribution < 1.29 is 26.4 Å². The third kappa shape index (κ3) is 4.08. The van der Waals surface area contributed by atoms with Crippen LogP contribution < -0.4 is 9.62 Å². The molecule has 27 heavy (non-hydrogen) atoms. The molecule has 2 aromatic rings. The highest BCUT2D eigenvalue weighted by Gasteiger charge is 2.31. The molecule has 9 heteroatoms. The topological polar surface area (TPSA) is 66.5 Å². The molecule has 1 amide bonds. The molecule has 5 nitrogen and oxygen atoms in total. The van der Waals surface area contributed by atoms with E-state index in [2.05, 4.69) is 5.32 Å². The van der Waals surface area contributed by atoms with Crippen LogP contribution in [0.4, 0.5) is 24.5 Å². The van der Waals surface area contributed by atoms with Gasteiger partial charge in [0, 0.05) is 17.8 Å². The monoisotopic (exact) mass is 398 g/mol. The Morgan fingerprint density at radius 1 is 1.11 bits per heavy atom. The van der Waals surface area contributed by atoms with Gasteiger partial charge in [-0.1, -0.05) is 6.07 Å². The minimum Gasteiger partial charge on any atom is -0.322 e. The van der Waals surface area contributed by atoms with Crippen molar-refractivity contribution in [2.24, 2.45) is 0 Å². The van der Waals surface area contributed by atoms with Crippen LogP contribution >= 0.6 is 0 Å². The Labute approximate surface area is 154 Å². The zero-order chi connectivity index (χ0) is 19.8. The Kier molecular flexibility index (Phi) is 4.90. The molecule has 3 rings (SSSR count). The summed E-state index contributed by atoms with van der Waals surface area (Å²) in [7, 11) is -3.36. The van der Waals surface area contributed by atoms with Gasteiger partial charge in [-0.2, -0.15) is 13.2 Å². The van der Waals surface area contributed by atoms with Crippen LogP contribution in [0.3, 0.4) is 0 Å². The number of nitrogens with zero attached hydrogens (tertiary/aromatic N) is 1. The van der Waals surface area contributed by atoms with Crippen LogP contribution in [0.5, 0.6) is 0 Å². The number of anilines is 2. The number of sulfonamides is 1. The number of hydrogen-bond donors (Lipinski definition) is 1. The Morgan fingerprint density at radius 2 is 1.78 bits per heavy atom. The van der Waals surface area contributed by atoms with Gasteiger partial charge in [-0.15, -0.1) is 0 Å². The van der Waals surface area contributed by atoms with Gasteiger partial charge >= 0.3 is 6.18 Å². The summed E-state index contributed by atoms with van der Waals surface area (Å²) in [5.74, 6) is -0.503. The van der Waals surface area contributed by atoms with Crippen molar-refractivity contribution in [2.75, 3.05) is 21.9 Å². The number of rotatable bonds is 3. The molecule has 0 aliphatic carbocycles. The van der Waals surface area contributed by atoms with Crippen molar-refractivity contribution in [3.05, 3.63) is 59.2 Å². The third-order valence-corrected chi connectivity index (χ3v) is 6.16. The second kappa shape index (κ2) is 6.88. The molecule has 2 aromatic carbocycles. The van der Waals surface area contributed by atoms with Gasteiger partial charge in [-0.3, -0.25) is 9.10 Å². The molecule has 0 bridgehead atoms. The second-order valence-corrected chi connectivity index (χ2v) is 8.29. The zero-order valence-electron chi connectivity index (χ0n) is 14.4. The minimum atomic E-state index is -4.47. The predicted octanol–water partition coefficient (Wildman–Crippen LogP) is 3.81. The predicted molar refractivity (Wildman–Crippen MR) is 96.3 cm³/mol. The van der Waals surface area contributed by atoms with Gasteiger partial charge in [0.25, 0.3) is 5.91 Å². The van der Waals surface area contributed by atoms with Gasteiger partial charge in [-0.05, 0) is 55.3 Å². The Hall–Kier alpha value is -2.55. The van der Waals surface area contributed by atoms with E-state index in [1.165, 1.54) is 4.31 Å². The fourth-order valence-electron chi connectivity index (χ4n) is 2.88. The lowest BCUT2D eigenvalue weighted by Gasteiger charge is -2.20. The molecule has 0 atom stereocenters. The number of halogens is 3. The quantitative estimate of drug-likeness (QED) is 0.855. The van der Waals surface area contributed by atoms with Gasteiger partial charge in [0.1, 0.15) is 0 Å². The summed E-state index contributed by atoms with van der Waals surface area (Å²) in [5.41, 5.74) is 0.822. The van der Waals surface area contributed by atoms with Gasteiger partial charge in [0.15, 0.2) is 0 Å². The molecule has 1 aliphatic heterocycles. The molecule has 144 valence electrons. The fraction of sp³-hybridized carbons (Fsp3) is 0.278. The van der Waals surface area contributed by atoms with Crippen molar-refractivity contribution in [1.29, 1.82) is 0 Å². The molecule has 0 aromatic heterocycles. The van der Waals surface area contributed by atoms with E-state index in [0.717, 1.165) is 29.8 Å². The van der Waals surface area contributed by atoms with E-state index in [1.54, 1.807) is 25.1 Å². The average molecular weight is 398 g/mol. The lowest BCUT2D eigenvalue weighted by atomic mass is 10.1. The van der Waals surface area contributed by atoms with E-state index in [-0.39, 0.29) is 11.3 Å². The Morgan fingerprint density at radius 3 is 2.33 bits per heavy atom. The van der Waals surface area contributed by atoms with E-state index in [0.29, 0.717) is 24.3 Å². The summed E-state index contributed by atoms with van der Waals surface area (Å²) in [5, 5.41) is 2.59. The van der Waals surface area contributed by atoms with E-state index in [1.807, 2.05) is 0 Å². The first-order valence-corrected chi connectivity index (χ1v) is 9.78. The van der Waals surface area contributed by atoms with Crippen LogP contribution in [0, 0.1) is 6.92 Å². The van der Waals surface area contributed by atoms with Gasteiger partial charge in [0.2, 0.25) is 10.0 Å². The summed E-state index contributed by atoms with van der Waals surface area (Å²) in [4.78, 5) is 12.3. The Bertz CT molecular complexity index is 970. The number of amides is 1. The first-order chi connectivity index (χ1) is 12.6. The van der Waals surface area contributed by atoms with Crippen LogP contribution in [-0.2, 0) is 16.2 Å². The number of benzene rings is 2. The molecule has 0 saturated carbocycles. The van der Waals surface area contributed by atoms with E-state index >= 15 is 0 Å². The van der Waals surface area contributed by atoms with Crippen molar-refractivity contribution in [3.63, 3.8) is 0 Å². The Balaban J connectivity index is 1.82. The average Bonchev–Trinajstić information content (AvgIpc) is 2.95. The standard InChI is InChI=1S/C18H17F3N2O3S/c1-12-3-8-15(11-16(12)23-9-2-10-27(23,25)26)22-17(24)13-4-6-14(7-5-13)18(19,20)21/h3-8,11H,2,9-10H2,1H3,(H,22,24). The molecule has 1 aliphatic rings. The van der Waals surface area contributed by atoms with Crippen molar-refractivity contribution in [1.82, 2.24) is 0 Å². The van der Waals surface area contributed by atoms with Crippen LogP contribution in [0.1, 0.15) is 27.9 Å². The largest absolute Gasteiger partial charge is 0.416 e. The SMILES string of the molecule is Cc1ccc(NC(=O)c2ccc(C(F)(F)F)cc2)cc1N1CCCS1(=O)=O. The first kappa shape index (κ1) is 19.2. The van der Waals surface area contributed by atoms with Gasteiger partial charge < -0.3 is 5.32 Å². The third-order valence-electron chi connectivity index (χ3n) is 4.31. The smallest absolute Gasteiger partial charge is 0.322 e. The number of carbonyl (C=O) groups is 1. The summed E-state index contributed by atoms with van der Waals surface area (Å²) in [6, 6.07) is 8.73. The lowest BCUT2D eigenvalue weighted by Crippen LogP contribution is -2.26. The summed E-state index contributed by atoms with van der Waals surface area (Å²) >= 11 is 0. The highest BCUT2D eigenvalue weighted by Crippen LogP contribution is 2.31. The number of nitrogens with one attached hydrogen (secondary N) is 1. The molecule has 1 saturated heterocycles. The molecular formula is C18H17F3N2O3S. The molecule has 1 heterocycles. The van der Waals surface area contributed by atoms with Gasteiger partial charge in [0.05, 0.1) is 17.0 Å². The highest BCUT2D eigenvalue weighted by atomic mass is 32.2. The fourth-order valence-corrected chi connectivity index (χ4v) is 4.50. The van der Waals surface area contributed by atoms with Crippen molar-refractivity contribution in [3.8, 4) is 0 Å². The van der Waals surface area contributed by atoms with Crippen LogP contribution in [0.15, 0.2) is 42.5 Å². The van der Waals surface area contributed by atoms with E-state index in [4.69, 9.17) is 0 Å². The summed E-state index contributed by atoms with van der Waals surface area (Å²) < 4.78 is 63.4. The molecule has 0 spiro atoms. The maximum absolute atomic E-state index is 12.6. The number of hydrogen-bond acceptors (Lipinski definition) is 3. The van der Waals surface area contributed by atoms with Gasteiger partial charge in [-0.25, -0.2) is 8.42 Å². The first-order valence-electron chi connectivity index (χ1n) is 8.17. The van der Waals surface area contributed by atoms with Crippen molar-refractivity contribution >= 4 is 27.3 Å². The molecule has 0 unspecified atom stereocenters. The summed E-state index contributed by atoms with van der Waals surface area (Å²) in [6.45, 7) is 2.14. The molecule has 1 N–H and O–H groups in total. The van der Waals surface area contributed by atoms with Crippen molar-refractivity contribution in [2.45, 2.75) is 19.5 Å². The maximum Gasteiger partial charge on any atom is 0.416 e. The van der Waals surface area contributed by atoms with Crippen LogP contribution in [0.2, 0.25) is 0 Å². The zero-order valence-corrected chi connectivity index (χ0v) is 15.2. The van der Waals surface area contributed by atoms with Crippen LogP contribution in [0.25, 0.3) is 0 Å². The van der Waals surface area contributed by atoms with Crippen LogP contribution in [-0.4, -0.2) is 26.6 Å². The second-order valence-electron chi connectivity index (χ2n) is 6.27. The minimum absolute atomic E-state index is 0.0684. The maximum atomic E-state index is 12.6. The number of alkyl halides is 3.